The predicted octanol–water partition coefficient (Wildman–Crippen LogP) is 2.78. The molecule has 0 bridgehead atoms. The summed E-state index contributed by atoms with van der Waals surface area (Å²) in [6, 6.07) is 8.00. The second kappa shape index (κ2) is 4.83. The fraction of sp³-hybridized carbons (Fsp3) is 0.462. The molecule has 0 saturated heterocycles. The number of nitrogens with two attached hydrogens (primary N) is 1. The summed E-state index contributed by atoms with van der Waals surface area (Å²) < 4.78 is 0. The molecular weight excluding hydrogens is 216 g/mol. The van der Waals surface area contributed by atoms with Gasteiger partial charge in [-0.15, -0.1) is 0 Å². The molecule has 86 valence electrons. The summed E-state index contributed by atoms with van der Waals surface area (Å²) in [5, 5.41) is 3.45. The van der Waals surface area contributed by atoms with Crippen molar-refractivity contribution in [3.63, 3.8) is 0 Å². The van der Waals surface area contributed by atoms with Gasteiger partial charge in [0.05, 0.1) is 0 Å². The molecule has 1 aromatic rings. The molecule has 1 aromatic carbocycles. The molecule has 2 rings (SSSR count). The van der Waals surface area contributed by atoms with Gasteiger partial charge < -0.3 is 11.1 Å². The van der Waals surface area contributed by atoms with Crippen LogP contribution in [0.4, 0.5) is 5.69 Å². The molecule has 0 aliphatic heterocycles. The standard InChI is InChI=1S/C13H18N2S/c1-9(10-2-3-10)8-15-12-6-4-11(5-7-12)13(14)16/h4-7,9-10,15H,2-3,8H2,1H3,(H2,14,16). The maximum absolute atomic E-state index is 5.55. The molecule has 0 heterocycles. The maximum Gasteiger partial charge on any atom is 0.103 e. The highest BCUT2D eigenvalue weighted by molar-refractivity contribution is 7.80. The van der Waals surface area contributed by atoms with Gasteiger partial charge in [-0.2, -0.15) is 0 Å². The summed E-state index contributed by atoms with van der Waals surface area (Å²) in [6.07, 6.45) is 2.81. The summed E-state index contributed by atoms with van der Waals surface area (Å²) in [4.78, 5) is 0.456. The van der Waals surface area contributed by atoms with Crippen LogP contribution in [0.5, 0.6) is 0 Å². The molecule has 1 aliphatic carbocycles. The van der Waals surface area contributed by atoms with E-state index in [2.05, 4.69) is 12.2 Å². The fourth-order valence-corrected chi connectivity index (χ4v) is 2.00. The Morgan fingerprint density at radius 3 is 2.56 bits per heavy atom. The second-order valence-electron chi connectivity index (χ2n) is 4.64. The van der Waals surface area contributed by atoms with Crippen molar-refractivity contribution in [2.75, 3.05) is 11.9 Å². The van der Waals surface area contributed by atoms with Crippen molar-refractivity contribution in [2.24, 2.45) is 17.6 Å². The summed E-state index contributed by atoms with van der Waals surface area (Å²) in [5.74, 6) is 1.72. The van der Waals surface area contributed by atoms with E-state index in [1.54, 1.807) is 0 Å². The van der Waals surface area contributed by atoms with Crippen LogP contribution in [0, 0.1) is 11.8 Å². The van der Waals surface area contributed by atoms with Gasteiger partial charge in [-0.05, 0) is 48.9 Å². The lowest BCUT2D eigenvalue weighted by atomic mass is 10.1. The second-order valence-corrected chi connectivity index (χ2v) is 5.08. The van der Waals surface area contributed by atoms with E-state index >= 15 is 0 Å². The van der Waals surface area contributed by atoms with Crippen LogP contribution >= 0.6 is 12.2 Å². The largest absolute Gasteiger partial charge is 0.389 e. The van der Waals surface area contributed by atoms with Crippen LogP contribution in [0.1, 0.15) is 25.3 Å². The highest BCUT2D eigenvalue weighted by Crippen LogP contribution is 2.36. The van der Waals surface area contributed by atoms with E-state index in [-0.39, 0.29) is 0 Å². The number of nitrogens with one attached hydrogen (secondary N) is 1. The van der Waals surface area contributed by atoms with Crippen LogP contribution in [0.15, 0.2) is 24.3 Å². The molecule has 3 N–H and O–H groups in total. The molecule has 1 saturated carbocycles. The molecule has 1 atom stereocenters. The molecule has 0 radical (unpaired) electrons. The predicted molar refractivity (Wildman–Crippen MR) is 72.7 cm³/mol. The van der Waals surface area contributed by atoms with Crippen LogP contribution in [0.2, 0.25) is 0 Å². The number of thiocarbonyl (C=S) groups is 1. The molecule has 2 nitrogen and oxygen atoms in total. The van der Waals surface area contributed by atoms with Crippen LogP contribution in [-0.2, 0) is 0 Å². The molecule has 0 aromatic heterocycles. The smallest absolute Gasteiger partial charge is 0.103 e. The van der Waals surface area contributed by atoms with Gasteiger partial charge in [-0.1, -0.05) is 19.1 Å². The first-order valence-corrected chi connectivity index (χ1v) is 6.21. The Balaban J connectivity index is 1.86. The highest BCUT2D eigenvalue weighted by Gasteiger charge is 2.27. The summed E-state index contributed by atoms with van der Waals surface area (Å²) in [7, 11) is 0. The van der Waals surface area contributed by atoms with E-state index in [1.807, 2.05) is 24.3 Å². The van der Waals surface area contributed by atoms with Crippen molar-refractivity contribution in [2.45, 2.75) is 19.8 Å². The number of anilines is 1. The molecule has 1 fully saturated rings. The van der Waals surface area contributed by atoms with Crippen LogP contribution < -0.4 is 11.1 Å². The van der Waals surface area contributed by atoms with Crippen molar-refractivity contribution in [3.05, 3.63) is 29.8 Å². The molecule has 16 heavy (non-hydrogen) atoms. The van der Waals surface area contributed by atoms with Crippen molar-refractivity contribution >= 4 is 22.9 Å². The first-order valence-electron chi connectivity index (χ1n) is 5.80. The Bertz CT molecular complexity index is 368. The Morgan fingerprint density at radius 2 is 2.06 bits per heavy atom. The van der Waals surface area contributed by atoms with Gasteiger partial charge in [-0.3, -0.25) is 0 Å². The third kappa shape index (κ3) is 2.95. The van der Waals surface area contributed by atoms with Gasteiger partial charge in [0.1, 0.15) is 4.99 Å². The minimum atomic E-state index is 0.456. The van der Waals surface area contributed by atoms with E-state index in [0.29, 0.717) is 4.99 Å². The number of hydrogen-bond acceptors (Lipinski definition) is 2. The first kappa shape index (κ1) is 11.4. The molecule has 0 amide bonds. The van der Waals surface area contributed by atoms with Crippen molar-refractivity contribution in [1.82, 2.24) is 0 Å². The average molecular weight is 234 g/mol. The van der Waals surface area contributed by atoms with Gasteiger partial charge in [-0.25, -0.2) is 0 Å². The van der Waals surface area contributed by atoms with Crippen molar-refractivity contribution < 1.29 is 0 Å². The van der Waals surface area contributed by atoms with Gasteiger partial charge in [0, 0.05) is 17.8 Å². The zero-order chi connectivity index (χ0) is 11.5. The Kier molecular flexibility index (Phi) is 3.44. The molecule has 1 aliphatic rings. The lowest BCUT2D eigenvalue weighted by Gasteiger charge is -2.12. The third-order valence-electron chi connectivity index (χ3n) is 3.22. The number of rotatable bonds is 5. The van der Waals surface area contributed by atoms with E-state index in [9.17, 15) is 0 Å². The number of hydrogen-bond donors (Lipinski definition) is 2. The average Bonchev–Trinajstić information content (AvgIpc) is 3.10. The highest BCUT2D eigenvalue weighted by atomic mass is 32.1. The van der Waals surface area contributed by atoms with Gasteiger partial charge in [0.15, 0.2) is 0 Å². The van der Waals surface area contributed by atoms with Crippen LogP contribution in [-0.4, -0.2) is 11.5 Å². The lowest BCUT2D eigenvalue weighted by molar-refractivity contribution is 0.536. The summed E-state index contributed by atoms with van der Waals surface area (Å²) in [5.41, 5.74) is 7.62. The SMILES string of the molecule is CC(CNc1ccc(C(N)=S)cc1)C1CC1. The minimum absolute atomic E-state index is 0.456. The Hall–Kier alpha value is -1.09. The van der Waals surface area contributed by atoms with E-state index in [4.69, 9.17) is 18.0 Å². The van der Waals surface area contributed by atoms with Gasteiger partial charge in [0.25, 0.3) is 0 Å². The number of benzene rings is 1. The quantitative estimate of drug-likeness (QED) is 0.769. The van der Waals surface area contributed by atoms with Crippen molar-refractivity contribution in [3.8, 4) is 0 Å². The zero-order valence-corrected chi connectivity index (χ0v) is 10.4. The normalized spacial score (nSPS) is 16.8. The summed E-state index contributed by atoms with van der Waals surface area (Å²) >= 11 is 4.91. The molecule has 1 unspecified atom stereocenters. The first-order chi connectivity index (χ1) is 7.66. The van der Waals surface area contributed by atoms with Crippen LogP contribution in [0.25, 0.3) is 0 Å². The van der Waals surface area contributed by atoms with E-state index < -0.39 is 0 Å². The van der Waals surface area contributed by atoms with Gasteiger partial charge >= 0.3 is 0 Å². The Labute approximate surface area is 102 Å². The van der Waals surface area contributed by atoms with Crippen molar-refractivity contribution in [1.29, 1.82) is 0 Å². The van der Waals surface area contributed by atoms with Gasteiger partial charge in [0.2, 0.25) is 0 Å². The fourth-order valence-electron chi connectivity index (χ4n) is 1.86. The maximum atomic E-state index is 5.55. The zero-order valence-electron chi connectivity index (χ0n) is 9.57. The minimum Gasteiger partial charge on any atom is -0.389 e. The molecule has 3 heteroatoms. The van der Waals surface area contributed by atoms with E-state index in [1.165, 1.54) is 12.8 Å². The topological polar surface area (TPSA) is 38.0 Å². The lowest BCUT2D eigenvalue weighted by Crippen LogP contribution is -2.13. The summed E-state index contributed by atoms with van der Waals surface area (Å²) in [6.45, 7) is 3.37. The monoisotopic (exact) mass is 234 g/mol. The van der Waals surface area contributed by atoms with Crippen LogP contribution in [0.3, 0.4) is 0 Å². The molecule has 0 spiro atoms. The molecular formula is C13H18N2S. The third-order valence-corrected chi connectivity index (χ3v) is 3.46. The Morgan fingerprint density at radius 1 is 1.44 bits per heavy atom. The van der Waals surface area contributed by atoms with E-state index in [0.717, 1.165) is 29.6 Å².